The first-order valence-electron chi connectivity index (χ1n) is 5.58. The van der Waals surface area contributed by atoms with E-state index in [0.29, 0.717) is 12.0 Å². The summed E-state index contributed by atoms with van der Waals surface area (Å²) in [4.78, 5) is 15.4. The van der Waals surface area contributed by atoms with Gasteiger partial charge >= 0.3 is 5.97 Å². The Morgan fingerprint density at radius 2 is 2.22 bits per heavy atom. The van der Waals surface area contributed by atoms with Crippen LogP contribution in [0.15, 0.2) is 36.8 Å². The van der Waals surface area contributed by atoms with Crippen molar-refractivity contribution in [2.75, 3.05) is 7.11 Å². The molecule has 0 aliphatic carbocycles. The first kappa shape index (κ1) is 12.2. The van der Waals surface area contributed by atoms with Crippen molar-refractivity contribution in [2.45, 2.75) is 12.8 Å². The van der Waals surface area contributed by atoms with Gasteiger partial charge in [0.15, 0.2) is 0 Å². The lowest BCUT2D eigenvalue weighted by Crippen LogP contribution is -2.05. The molecule has 0 saturated heterocycles. The summed E-state index contributed by atoms with van der Waals surface area (Å²) in [6.45, 7) is 0. The molecule has 92 valence electrons. The molecule has 0 saturated carbocycles. The summed E-state index contributed by atoms with van der Waals surface area (Å²) in [5, 5.41) is 7.79. The maximum Gasteiger partial charge on any atom is 0.339 e. The van der Waals surface area contributed by atoms with E-state index in [-0.39, 0.29) is 0 Å². The number of carbonyl (C=O) groups excluding carboxylic acids is 1. The lowest BCUT2D eigenvalue weighted by Gasteiger charge is -2.02. The van der Waals surface area contributed by atoms with Crippen LogP contribution in [0.2, 0.25) is 0 Å². The van der Waals surface area contributed by atoms with E-state index in [9.17, 15) is 4.79 Å². The number of hydrogen-bond donors (Lipinski definition) is 0. The average molecular weight is 243 g/mol. The number of ether oxygens (including phenoxy) is 1. The molecule has 0 amide bonds. The second-order valence-corrected chi connectivity index (χ2v) is 3.79. The number of aromatic nitrogens is 3. The molecule has 0 radical (unpaired) electrons. The summed E-state index contributed by atoms with van der Waals surface area (Å²) in [6, 6.07) is 5.60. The molecule has 0 atom stereocenters. The molecule has 0 aromatic carbocycles. The highest BCUT2D eigenvalue weighted by molar-refractivity contribution is 5.88. The molecule has 0 spiro atoms. The Balaban J connectivity index is 2.04. The summed E-state index contributed by atoms with van der Waals surface area (Å²) in [7, 11) is 1.35. The predicted molar refractivity (Wildman–Crippen MR) is 65.0 cm³/mol. The van der Waals surface area contributed by atoms with Gasteiger partial charge in [0.1, 0.15) is 0 Å². The number of aryl methyl sites for hydroxylation is 2. The third-order valence-electron chi connectivity index (χ3n) is 2.52. The Hall–Kier alpha value is -2.30. The number of carbonyl (C=O) groups is 1. The smallest absolute Gasteiger partial charge is 0.339 e. The topological polar surface area (TPSA) is 65.0 Å². The number of hydrogen-bond acceptors (Lipinski definition) is 5. The molecule has 0 unspecified atom stereocenters. The number of esters is 1. The SMILES string of the molecule is COC(=O)c1cnnc(CCc2cccnc2)c1. The van der Waals surface area contributed by atoms with Crippen LogP contribution in [0.1, 0.15) is 21.6 Å². The first-order chi connectivity index (χ1) is 8.79. The fourth-order valence-electron chi connectivity index (χ4n) is 1.58. The Labute approximate surface area is 105 Å². The standard InChI is InChI=1S/C13H13N3O2/c1-18-13(17)11-7-12(16-15-9-11)5-4-10-3-2-6-14-8-10/h2-3,6-9H,4-5H2,1H3. The van der Waals surface area contributed by atoms with E-state index in [0.717, 1.165) is 17.7 Å². The molecule has 0 aliphatic rings. The largest absolute Gasteiger partial charge is 0.465 e. The van der Waals surface area contributed by atoms with E-state index in [1.54, 1.807) is 12.3 Å². The quantitative estimate of drug-likeness (QED) is 0.760. The van der Waals surface area contributed by atoms with E-state index in [1.807, 2.05) is 18.3 Å². The van der Waals surface area contributed by atoms with Crippen molar-refractivity contribution in [3.8, 4) is 0 Å². The van der Waals surface area contributed by atoms with Crippen molar-refractivity contribution >= 4 is 5.97 Å². The second kappa shape index (κ2) is 5.86. The lowest BCUT2D eigenvalue weighted by atomic mass is 10.1. The Morgan fingerprint density at radius 3 is 2.94 bits per heavy atom. The zero-order valence-corrected chi connectivity index (χ0v) is 10.0. The zero-order chi connectivity index (χ0) is 12.8. The van der Waals surface area contributed by atoms with Crippen molar-refractivity contribution in [1.29, 1.82) is 0 Å². The van der Waals surface area contributed by atoms with Crippen LogP contribution in [0.4, 0.5) is 0 Å². The Kier molecular flexibility index (Phi) is 3.96. The fourth-order valence-corrected chi connectivity index (χ4v) is 1.58. The molecule has 2 rings (SSSR count). The highest BCUT2D eigenvalue weighted by Gasteiger charge is 2.07. The molecule has 2 aromatic heterocycles. The van der Waals surface area contributed by atoms with Gasteiger partial charge in [-0.15, -0.1) is 0 Å². The minimum absolute atomic E-state index is 0.396. The molecule has 0 N–H and O–H groups in total. The normalized spacial score (nSPS) is 10.1. The summed E-state index contributed by atoms with van der Waals surface area (Å²) >= 11 is 0. The van der Waals surface area contributed by atoms with Gasteiger partial charge in [0.05, 0.1) is 24.6 Å². The fraction of sp³-hybridized carbons (Fsp3) is 0.231. The van der Waals surface area contributed by atoms with E-state index in [1.165, 1.54) is 13.3 Å². The number of rotatable bonds is 4. The monoisotopic (exact) mass is 243 g/mol. The molecule has 0 fully saturated rings. The van der Waals surface area contributed by atoms with Gasteiger partial charge in [0, 0.05) is 12.4 Å². The van der Waals surface area contributed by atoms with E-state index < -0.39 is 5.97 Å². The minimum Gasteiger partial charge on any atom is -0.465 e. The third-order valence-corrected chi connectivity index (χ3v) is 2.52. The van der Waals surface area contributed by atoms with Crippen LogP contribution < -0.4 is 0 Å². The van der Waals surface area contributed by atoms with E-state index in [4.69, 9.17) is 0 Å². The number of nitrogens with zero attached hydrogens (tertiary/aromatic N) is 3. The predicted octanol–water partition coefficient (Wildman–Crippen LogP) is 1.44. The highest BCUT2D eigenvalue weighted by atomic mass is 16.5. The van der Waals surface area contributed by atoms with Crippen molar-refractivity contribution in [3.63, 3.8) is 0 Å². The highest BCUT2D eigenvalue weighted by Crippen LogP contribution is 2.06. The second-order valence-electron chi connectivity index (χ2n) is 3.79. The molecule has 0 aliphatic heterocycles. The van der Waals surface area contributed by atoms with Gasteiger partial charge in [-0.1, -0.05) is 6.07 Å². The maximum absolute atomic E-state index is 11.3. The minimum atomic E-state index is -0.396. The van der Waals surface area contributed by atoms with E-state index in [2.05, 4.69) is 19.9 Å². The third kappa shape index (κ3) is 3.10. The molecule has 0 bridgehead atoms. The van der Waals surface area contributed by atoms with Crippen molar-refractivity contribution < 1.29 is 9.53 Å². The molecule has 2 heterocycles. The summed E-state index contributed by atoms with van der Waals surface area (Å²) < 4.78 is 4.64. The zero-order valence-electron chi connectivity index (χ0n) is 10.0. The van der Waals surface area contributed by atoms with Gasteiger partial charge in [0.2, 0.25) is 0 Å². The van der Waals surface area contributed by atoms with Gasteiger partial charge in [-0.05, 0) is 30.5 Å². The lowest BCUT2D eigenvalue weighted by molar-refractivity contribution is 0.0600. The van der Waals surface area contributed by atoms with Crippen LogP contribution >= 0.6 is 0 Å². The Morgan fingerprint density at radius 1 is 1.33 bits per heavy atom. The van der Waals surface area contributed by atoms with Gasteiger partial charge in [-0.25, -0.2) is 4.79 Å². The van der Waals surface area contributed by atoms with Crippen LogP contribution in [0.3, 0.4) is 0 Å². The molecule has 5 nitrogen and oxygen atoms in total. The summed E-state index contributed by atoms with van der Waals surface area (Å²) in [5.74, 6) is -0.396. The molecule has 18 heavy (non-hydrogen) atoms. The summed E-state index contributed by atoms with van der Waals surface area (Å²) in [6.07, 6.45) is 6.48. The molecular weight excluding hydrogens is 230 g/mol. The van der Waals surface area contributed by atoms with Crippen LogP contribution in [0.5, 0.6) is 0 Å². The van der Waals surface area contributed by atoms with Crippen molar-refractivity contribution in [1.82, 2.24) is 15.2 Å². The van der Waals surface area contributed by atoms with Crippen LogP contribution in [-0.2, 0) is 17.6 Å². The number of pyridine rings is 1. The van der Waals surface area contributed by atoms with Gasteiger partial charge in [0.25, 0.3) is 0 Å². The van der Waals surface area contributed by atoms with Crippen molar-refractivity contribution in [3.05, 3.63) is 53.6 Å². The van der Waals surface area contributed by atoms with Gasteiger partial charge in [-0.2, -0.15) is 10.2 Å². The summed E-state index contributed by atoms with van der Waals surface area (Å²) in [5.41, 5.74) is 2.32. The molecule has 5 heteroatoms. The van der Waals surface area contributed by atoms with Crippen LogP contribution in [0.25, 0.3) is 0 Å². The average Bonchev–Trinajstić information content (AvgIpc) is 2.45. The van der Waals surface area contributed by atoms with Gasteiger partial charge < -0.3 is 4.74 Å². The molecular formula is C13H13N3O2. The molecule has 2 aromatic rings. The number of methoxy groups -OCH3 is 1. The Bertz CT molecular complexity index is 529. The first-order valence-corrected chi connectivity index (χ1v) is 5.58. The van der Waals surface area contributed by atoms with Crippen molar-refractivity contribution in [2.24, 2.45) is 0 Å². The van der Waals surface area contributed by atoms with Gasteiger partial charge in [-0.3, -0.25) is 4.98 Å². The van der Waals surface area contributed by atoms with Crippen LogP contribution in [-0.4, -0.2) is 28.3 Å². The van der Waals surface area contributed by atoms with Crippen LogP contribution in [0, 0.1) is 0 Å². The van der Waals surface area contributed by atoms with E-state index >= 15 is 0 Å². The maximum atomic E-state index is 11.3.